The van der Waals surface area contributed by atoms with Crippen LogP contribution in [0.25, 0.3) is 0 Å². The number of alkyl halides is 1. The van der Waals surface area contributed by atoms with Gasteiger partial charge in [0.2, 0.25) is 0 Å². The fourth-order valence-corrected chi connectivity index (χ4v) is 5.32. The largest absolute Gasteiger partial charge is 0.207 e. The second-order valence-electron chi connectivity index (χ2n) is 3.65. The molecule has 0 nitrogen and oxygen atoms in total. The van der Waals surface area contributed by atoms with Crippen LogP contribution in [0.2, 0.25) is 5.02 Å². The topological polar surface area (TPSA) is 0 Å². The summed E-state index contributed by atoms with van der Waals surface area (Å²) < 4.78 is 15.6. The molecule has 0 saturated carbocycles. The molecular weight excluding hydrogens is 426 g/mol. The highest BCUT2D eigenvalue weighted by Crippen LogP contribution is 2.40. The summed E-state index contributed by atoms with van der Waals surface area (Å²) in [4.78, 5) is 0. The van der Waals surface area contributed by atoms with Gasteiger partial charge in [-0.2, -0.15) is 0 Å². The van der Waals surface area contributed by atoms with Gasteiger partial charge < -0.3 is 0 Å². The van der Waals surface area contributed by atoms with E-state index in [4.69, 9.17) is 23.2 Å². The van der Waals surface area contributed by atoms with Crippen LogP contribution in [-0.2, 0) is 6.42 Å². The van der Waals surface area contributed by atoms with E-state index in [1.807, 2.05) is 6.07 Å². The molecule has 1 aromatic carbocycles. The maximum atomic E-state index is 13.7. The monoisotopic (exact) mass is 430 g/mol. The highest BCUT2D eigenvalue weighted by molar-refractivity contribution is 9.12. The van der Waals surface area contributed by atoms with Crippen molar-refractivity contribution < 1.29 is 4.39 Å². The summed E-state index contributed by atoms with van der Waals surface area (Å²) in [7, 11) is 0. The van der Waals surface area contributed by atoms with Gasteiger partial charge in [-0.15, -0.1) is 22.9 Å². The van der Waals surface area contributed by atoms with E-state index in [-0.39, 0.29) is 11.2 Å². The van der Waals surface area contributed by atoms with Crippen LogP contribution in [0.4, 0.5) is 4.39 Å². The Kier molecular flexibility index (Phi) is 5.12. The van der Waals surface area contributed by atoms with Gasteiger partial charge >= 0.3 is 0 Å². The standard InChI is InChI=1S/C12H7Br2Cl2FS/c13-11-5-7(12(14)18-11)9(16)4-6-8(15)2-1-3-10(6)17/h1-3,5,9H,4H2. The molecule has 0 N–H and O–H groups in total. The third-order valence-electron chi connectivity index (χ3n) is 2.47. The lowest BCUT2D eigenvalue weighted by molar-refractivity contribution is 0.607. The molecule has 0 amide bonds. The number of halogens is 5. The molecule has 1 atom stereocenters. The molecular formula is C12H7Br2Cl2FS. The molecule has 2 rings (SSSR count). The fourth-order valence-electron chi connectivity index (χ4n) is 1.58. The van der Waals surface area contributed by atoms with Crippen molar-refractivity contribution in [3.05, 3.63) is 53.8 Å². The zero-order valence-corrected chi connectivity index (χ0v) is 14.4. The first-order chi connectivity index (χ1) is 8.49. The highest BCUT2D eigenvalue weighted by atomic mass is 79.9. The second-order valence-corrected chi connectivity index (χ2v) is 8.33. The summed E-state index contributed by atoms with van der Waals surface area (Å²) in [5, 5.41) is 0.0855. The Morgan fingerprint density at radius 2 is 2.06 bits per heavy atom. The van der Waals surface area contributed by atoms with Gasteiger partial charge in [0.05, 0.1) is 12.9 Å². The molecule has 18 heavy (non-hydrogen) atoms. The molecule has 0 bridgehead atoms. The van der Waals surface area contributed by atoms with Crippen LogP contribution in [0.15, 0.2) is 31.8 Å². The predicted molar refractivity (Wildman–Crippen MR) is 83.4 cm³/mol. The lowest BCUT2D eigenvalue weighted by atomic mass is 10.1. The van der Waals surface area contributed by atoms with E-state index in [0.717, 1.165) is 13.1 Å². The van der Waals surface area contributed by atoms with E-state index in [9.17, 15) is 4.39 Å². The summed E-state index contributed by atoms with van der Waals surface area (Å²) in [6.07, 6.45) is 0.356. The Morgan fingerprint density at radius 3 is 2.61 bits per heavy atom. The Morgan fingerprint density at radius 1 is 1.33 bits per heavy atom. The normalized spacial score (nSPS) is 12.7. The second kappa shape index (κ2) is 6.23. The number of thiophene rings is 1. The highest BCUT2D eigenvalue weighted by Gasteiger charge is 2.18. The number of rotatable bonds is 3. The van der Waals surface area contributed by atoms with Crippen LogP contribution < -0.4 is 0 Å². The summed E-state index contributed by atoms with van der Waals surface area (Å²) in [5.74, 6) is -0.321. The van der Waals surface area contributed by atoms with Crippen LogP contribution in [0, 0.1) is 5.82 Å². The molecule has 0 aliphatic carbocycles. The lowest BCUT2D eigenvalue weighted by Crippen LogP contribution is -1.99. The Labute approximate surface area is 135 Å². The van der Waals surface area contributed by atoms with Gasteiger partial charge in [-0.1, -0.05) is 17.7 Å². The summed E-state index contributed by atoms with van der Waals surface area (Å²) in [5.41, 5.74) is 1.39. The van der Waals surface area contributed by atoms with Gasteiger partial charge in [-0.05, 0) is 62.0 Å². The van der Waals surface area contributed by atoms with Gasteiger partial charge in [0.1, 0.15) is 5.82 Å². The van der Waals surface area contributed by atoms with E-state index < -0.39 is 0 Å². The average molecular weight is 433 g/mol. The van der Waals surface area contributed by atoms with Crippen LogP contribution in [-0.4, -0.2) is 0 Å². The number of hydrogen-bond donors (Lipinski definition) is 0. The van der Waals surface area contributed by atoms with Crippen LogP contribution in [0.5, 0.6) is 0 Å². The van der Waals surface area contributed by atoms with Gasteiger partial charge in [-0.3, -0.25) is 0 Å². The molecule has 0 aliphatic rings. The summed E-state index contributed by atoms with van der Waals surface area (Å²) >= 11 is 20.7. The summed E-state index contributed by atoms with van der Waals surface area (Å²) in [6, 6.07) is 6.58. The maximum absolute atomic E-state index is 13.7. The van der Waals surface area contributed by atoms with Crippen LogP contribution >= 0.6 is 66.4 Å². The van der Waals surface area contributed by atoms with Crippen LogP contribution in [0.3, 0.4) is 0 Å². The van der Waals surface area contributed by atoms with Crippen molar-refractivity contribution in [2.45, 2.75) is 11.8 Å². The minimum Gasteiger partial charge on any atom is -0.207 e. The Bertz CT molecular complexity index is 551. The van der Waals surface area contributed by atoms with Crippen molar-refractivity contribution >= 4 is 66.4 Å². The third kappa shape index (κ3) is 3.28. The van der Waals surface area contributed by atoms with Crippen molar-refractivity contribution in [3.63, 3.8) is 0 Å². The van der Waals surface area contributed by atoms with Gasteiger partial charge in [-0.25, -0.2) is 4.39 Å². The SMILES string of the molecule is Fc1cccc(Cl)c1CC(Cl)c1cc(Br)sc1Br. The van der Waals surface area contributed by atoms with Crippen molar-refractivity contribution in [1.29, 1.82) is 0 Å². The first kappa shape index (κ1) is 14.8. The molecule has 0 fully saturated rings. The minimum atomic E-state index is -0.323. The van der Waals surface area contributed by atoms with E-state index >= 15 is 0 Å². The molecule has 0 spiro atoms. The number of benzene rings is 1. The zero-order chi connectivity index (χ0) is 13.3. The van der Waals surface area contributed by atoms with Crippen molar-refractivity contribution in [1.82, 2.24) is 0 Å². The number of hydrogen-bond acceptors (Lipinski definition) is 1. The molecule has 0 aliphatic heterocycles. The molecule has 0 saturated heterocycles. The Hall–Kier alpha value is 0.390. The van der Waals surface area contributed by atoms with E-state index in [2.05, 4.69) is 31.9 Å². The van der Waals surface area contributed by atoms with Gasteiger partial charge in [0.25, 0.3) is 0 Å². The molecule has 1 unspecified atom stereocenters. The van der Waals surface area contributed by atoms with Gasteiger partial charge in [0.15, 0.2) is 0 Å². The maximum Gasteiger partial charge on any atom is 0.127 e. The molecule has 6 heteroatoms. The van der Waals surface area contributed by atoms with Crippen molar-refractivity contribution in [2.75, 3.05) is 0 Å². The third-order valence-corrected chi connectivity index (χ3v) is 5.59. The average Bonchev–Trinajstić information content (AvgIpc) is 2.63. The van der Waals surface area contributed by atoms with Crippen molar-refractivity contribution in [2.24, 2.45) is 0 Å². The predicted octanol–water partition coefficient (Wildman–Crippen LogP) is 6.59. The molecule has 1 heterocycles. The van der Waals surface area contributed by atoms with E-state index in [1.165, 1.54) is 17.4 Å². The first-order valence-corrected chi connectivity index (χ1v) is 8.22. The lowest BCUT2D eigenvalue weighted by Gasteiger charge is -2.11. The van der Waals surface area contributed by atoms with E-state index in [1.54, 1.807) is 12.1 Å². The molecule has 1 aromatic heterocycles. The van der Waals surface area contributed by atoms with E-state index in [0.29, 0.717) is 17.0 Å². The first-order valence-electron chi connectivity index (χ1n) is 5.00. The quantitative estimate of drug-likeness (QED) is 0.480. The van der Waals surface area contributed by atoms with Gasteiger partial charge in [0, 0.05) is 10.6 Å². The summed E-state index contributed by atoms with van der Waals surface area (Å²) in [6.45, 7) is 0. The molecule has 2 aromatic rings. The fraction of sp³-hybridized carbons (Fsp3) is 0.167. The smallest absolute Gasteiger partial charge is 0.127 e. The zero-order valence-electron chi connectivity index (χ0n) is 8.89. The minimum absolute atomic E-state index is 0.321. The van der Waals surface area contributed by atoms with Crippen LogP contribution in [0.1, 0.15) is 16.5 Å². The molecule has 0 radical (unpaired) electrons. The van der Waals surface area contributed by atoms with Crippen molar-refractivity contribution in [3.8, 4) is 0 Å². The Balaban J connectivity index is 2.26. The molecule has 96 valence electrons.